The van der Waals surface area contributed by atoms with Crippen LogP contribution in [0.5, 0.6) is 11.5 Å². The fraction of sp³-hybridized carbons (Fsp3) is 0.167. The van der Waals surface area contributed by atoms with Crippen LogP contribution in [0, 0.1) is 0 Å². The number of nitrogens with one attached hydrogen (secondary N) is 2. The standard InChI is InChI=1S/C18H15BrN2O3/c19-13-8-16-17(24-6-5-23-16)9-15(13)21-18(22)7-11-10-20-14-4-2-1-3-12(11)14/h1-4,8-10,20H,5-7H2,(H,21,22). The van der Waals surface area contributed by atoms with Gasteiger partial charge in [-0.2, -0.15) is 0 Å². The Labute approximate surface area is 147 Å². The van der Waals surface area contributed by atoms with E-state index < -0.39 is 0 Å². The third kappa shape index (κ3) is 2.85. The van der Waals surface area contributed by atoms with Crippen molar-refractivity contribution in [2.45, 2.75) is 6.42 Å². The summed E-state index contributed by atoms with van der Waals surface area (Å²) in [6, 6.07) is 11.5. The van der Waals surface area contributed by atoms with Crippen molar-refractivity contribution in [2.75, 3.05) is 18.5 Å². The quantitative estimate of drug-likeness (QED) is 0.717. The predicted molar refractivity (Wildman–Crippen MR) is 95.8 cm³/mol. The summed E-state index contributed by atoms with van der Waals surface area (Å²) in [7, 11) is 0. The molecule has 1 aliphatic heterocycles. The molecular weight excluding hydrogens is 372 g/mol. The second-order valence-electron chi connectivity index (χ2n) is 5.56. The second-order valence-corrected chi connectivity index (χ2v) is 6.41. The maximum Gasteiger partial charge on any atom is 0.228 e. The highest BCUT2D eigenvalue weighted by Crippen LogP contribution is 2.38. The van der Waals surface area contributed by atoms with E-state index in [-0.39, 0.29) is 5.91 Å². The van der Waals surface area contributed by atoms with E-state index in [4.69, 9.17) is 9.47 Å². The van der Waals surface area contributed by atoms with Crippen molar-refractivity contribution in [3.05, 3.63) is 52.6 Å². The molecule has 0 saturated heterocycles. The molecule has 2 N–H and O–H groups in total. The number of anilines is 1. The number of fused-ring (bicyclic) bond motifs is 2. The largest absolute Gasteiger partial charge is 0.486 e. The van der Waals surface area contributed by atoms with Gasteiger partial charge in [-0.3, -0.25) is 4.79 Å². The second kappa shape index (κ2) is 6.20. The molecule has 0 aliphatic carbocycles. The lowest BCUT2D eigenvalue weighted by Gasteiger charge is -2.20. The van der Waals surface area contributed by atoms with Gasteiger partial charge < -0.3 is 19.8 Å². The zero-order valence-corrected chi connectivity index (χ0v) is 14.4. The van der Waals surface area contributed by atoms with Crippen LogP contribution < -0.4 is 14.8 Å². The predicted octanol–water partition coefficient (Wildman–Crippen LogP) is 3.88. The maximum absolute atomic E-state index is 12.4. The average Bonchev–Trinajstić information content (AvgIpc) is 2.99. The van der Waals surface area contributed by atoms with Crippen molar-refractivity contribution >= 4 is 38.4 Å². The lowest BCUT2D eigenvalue weighted by Crippen LogP contribution is -2.17. The number of halogens is 1. The van der Waals surface area contributed by atoms with Gasteiger partial charge in [0.2, 0.25) is 5.91 Å². The van der Waals surface area contributed by atoms with Crippen LogP contribution in [0.25, 0.3) is 10.9 Å². The van der Waals surface area contributed by atoms with Crippen molar-refractivity contribution < 1.29 is 14.3 Å². The number of hydrogen-bond donors (Lipinski definition) is 2. The van der Waals surface area contributed by atoms with Crippen LogP contribution in [-0.2, 0) is 11.2 Å². The highest BCUT2D eigenvalue weighted by molar-refractivity contribution is 9.10. The van der Waals surface area contributed by atoms with Gasteiger partial charge in [0, 0.05) is 33.7 Å². The first-order valence-electron chi connectivity index (χ1n) is 7.65. The Kier molecular flexibility index (Phi) is 3.90. The molecule has 5 nitrogen and oxygen atoms in total. The highest BCUT2D eigenvalue weighted by atomic mass is 79.9. The molecule has 1 aliphatic rings. The lowest BCUT2D eigenvalue weighted by atomic mass is 10.1. The normalized spacial score (nSPS) is 13.0. The molecule has 1 aromatic heterocycles. The number of aromatic nitrogens is 1. The molecule has 0 saturated carbocycles. The Bertz CT molecular complexity index is 920. The topological polar surface area (TPSA) is 63.4 Å². The summed E-state index contributed by atoms with van der Waals surface area (Å²) in [5, 5.41) is 3.99. The first-order chi connectivity index (χ1) is 11.7. The summed E-state index contributed by atoms with van der Waals surface area (Å²) in [6.07, 6.45) is 2.17. The number of para-hydroxylation sites is 1. The summed E-state index contributed by atoms with van der Waals surface area (Å²) < 4.78 is 11.9. The van der Waals surface area contributed by atoms with Gasteiger partial charge in [-0.05, 0) is 27.6 Å². The number of carbonyl (C=O) groups is 1. The van der Waals surface area contributed by atoms with E-state index in [1.807, 2.05) is 36.5 Å². The van der Waals surface area contributed by atoms with E-state index in [1.165, 1.54) is 0 Å². The Hall–Kier alpha value is -2.47. The summed E-state index contributed by atoms with van der Waals surface area (Å²) in [5.74, 6) is 1.24. The van der Waals surface area contributed by atoms with Crippen molar-refractivity contribution in [1.82, 2.24) is 4.98 Å². The molecule has 0 bridgehead atoms. The van der Waals surface area contributed by atoms with Crippen LogP contribution in [0.15, 0.2) is 47.1 Å². The molecule has 3 aromatic rings. The highest BCUT2D eigenvalue weighted by Gasteiger charge is 2.16. The van der Waals surface area contributed by atoms with Gasteiger partial charge in [0.25, 0.3) is 0 Å². The maximum atomic E-state index is 12.4. The zero-order chi connectivity index (χ0) is 16.5. The van der Waals surface area contributed by atoms with Crippen LogP contribution in [0.1, 0.15) is 5.56 Å². The number of rotatable bonds is 3. The summed E-state index contributed by atoms with van der Waals surface area (Å²) in [5.41, 5.74) is 2.67. The van der Waals surface area contributed by atoms with Crippen molar-refractivity contribution in [1.29, 1.82) is 0 Å². The minimum atomic E-state index is -0.0860. The smallest absolute Gasteiger partial charge is 0.228 e. The van der Waals surface area contributed by atoms with Gasteiger partial charge in [0.1, 0.15) is 13.2 Å². The number of aromatic amines is 1. The summed E-state index contributed by atoms with van der Waals surface area (Å²) >= 11 is 3.47. The fourth-order valence-electron chi connectivity index (χ4n) is 2.81. The molecule has 2 aromatic carbocycles. The van der Waals surface area contributed by atoms with Crippen LogP contribution in [0.2, 0.25) is 0 Å². The molecule has 24 heavy (non-hydrogen) atoms. The molecule has 122 valence electrons. The molecule has 1 amide bonds. The SMILES string of the molecule is O=C(Cc1c[nH]c2ccccc12)Nc1cc2c(cc1Br)OCCO2. The van der Waals surface area contributed by atoms with Gasteiger partial charge in [-0.15, -0.1) is 0 Å². The number of ether oxygens (including phenoxy) is 2. The summed E-state index contributed by atoms with van der Waals surface area (Å²) in [6.45, 7) is 1.04. The average molecular weight is 387 g/mol. The zero-order valence-electron chi connectivity index (χ0n) is 12.8. The van der Waals surface area contributed by atoms with Crippen LogP contribution in [0.4, 0.5) is 5.69 Å². The molecule has 0 unspecified atom stereocenters. The number of benzene rings is 2. The van der Waals surface area contributed by atoms with E-state index in [9.17, 15) is 4.79 Å². The molecule has 4 rings (SSSR count). The third-order valence-corrected chi connectivity index (χ3v) is 4.59. The van der Waals surface area contributed by atoms with E-state index in [1.54, 1.807) is 6.07 Å². The van der Waals surface area contributed by atoms with Gasteiger partial charge >= 0.3 is 0 Å². The number of amides is 1. The number of hydrogen-bond acceptors (Lipinski definition) is 3. The van der Waals surface area contributed by atoms with E-state index in [2.05, 4.69) is 26.2 Å². The van der Waals surface area contributed by atoms with Gasteiger partial charge in [0.05, 0.1) is 12.1 Å². The molecule has 6 heteroatoms. The minimum absolute atomic E-state index is 0.0860. The molecule has 2 heterocycles. The van der Waals surface area contributed by atoms with Gasteiger partial charge in [-0.25, -0.2) is 0 Å². The van der Waals surface area contributed by atoms with Crippen molar-refractivity contribution in [2.24, 2.45) is 0 Å². The molecule has 0 fully saturated rings. The van der Waals surface area contributed by atoms with Crippen molar-refractivity contribution in [3.63, 3.8) is 0 Å². The Morgan fingerprint density at radius 1 is 1.17 bits per heavy atom. The number of H-pyrrole nitrogens is 1. The van der Waals surface area contributed by atoms with Crippen LogP contribution in [0.3, 0.4) is 0 Å². The fourth-order valence-corrected chi connectivity index (χ4v) is 3.23. The monoisotopic (exact) mass is 386 g/mol. The molecule has 0 atom stereocenters. The first-order valence-corrected chi connectivity index (χ1v) is 8.44. The van der Waals surface area contributed by atoms with E-state index >= 15 is 0 Å². The van der Waals surface area contributed by atoms with Crippen molar-refractivity contribution in [3.8, 4) is 11.5 Å². The third-order valence-electron chi connectivity index (χ3n) is 3.93. The Morgan fingerprint density at radius 3 is 2.75 bits per heavy atom. The number of carbonyl (C=O) groups excluding carboxylic acids is 1. The van der Waals surface area contributed by atoms with E-state index in [0.29, 0.717) is 36.8 Å². The van der Waals surface area contributed by atoms with E-state index in [0.717, 1.165) is 20.9 Å². The minimum Gasteiger partial charge on any atom is -0.486 e. The lowest BCUT2D eigenvalue weighted by molar-refractivity contribution is -0.115. The first kappa shape index (κ1) is 15.1. The van der Waals surface area contributed by atoms with Crippen LogP contribution >= 0.6 is 15.9 Å². The summed E-state index contributed by atoms with van der Waals surface area (Å²) in [4.78, 5) is 15.6. The Balaban J connectivity index is 1.54. The van der Waals surface area contributed by atoms with Crippen LogP contribution in [-0.4, -0.2) is 24.1 Å². The Morgan fingerprint density at radius 2 is 1.92 bits per heavy atom. The molecule has 0 spiro atoms. The molecular formula is C18H15BrN2O3. The van der Waals surface area contributed by atoms with Gasteiger partial charge in [-0.1, -0.05) is 18.2 Å². The molecule has 0 radical (unpaired) electrons. The van der Waals surface area contributed by atoms with Gasteiger partial charge in [0.15, 0.2) is 11.5 Å².